The molecule has 1 saturated heterocycles. The summed E-state index contributed by atoms with van der Waals surface area (Å²) in [5, 5.41) is 1.55. The molecule has 7 nitrogen and oxygen atoms in total. The van der Waals surface area contributed by atoms with Gasteiger partial charge in [-0.05, 0) is 33.6 Å². The van der Waals surface area contributed by atoms with Crippen LogP contribution in [-0.4, -0.2) is 62.6 Å². The second-order valence-electron chi connectivity index (χ2n) is 6.53. The summed E-state index contributed by atoms with van der Waals surface area (Å²) >= 11 is 0. The van der Waals surface area contributed by atoms with Gasteiger partial charge in [0.2, 0.25) is 0 Å². The number of primary amides is 1. The summed E-state index contributed by atoms with van der Waals surface area (Å²) in [5.41, 5.74) is -0.485. The maximum atomic E-state index is 12.1. The third-order valence-electron chi connectivity index (χ3n) is 3.32. The van der Waals surface area contributed by atoms with Gasteiger partial charge in [0.25, 0.3) is 0 Å². The molecule has 7 heteroatoms. The summed E-state index contributed by atoms with van der Waals surface area (Å²) in [4.78, 5) is 25.3. The SMILES string of the molecule is COCCOC(=O)[NH2+]C[C@@H]1CCCN(C(=O)OC(C)(C)C)C1. The molecule has 0 aromatic heterocycles. The summed E-state index contributed by atoms with van der Waals surface area (Å²) in [6.07, 6.45) is 1.32. The Kier molecular flexibility index (Phi) is 7.61. The minimum atomic E-state index is -0.485. The zero-order valence-electron chi connectivity index (χ0n) is 14.1. The van der Waals surface area contributed by atoms with E-state index in [0.717, 1.165) is 12.8 Å². The van der Waals surface area contributed by atoms with Gasteiger partial charge in [0.05, 0.1) is 13.2 Å². The summed E-state index contributed by atoms with van der Waals surface area (Å²) in [6, 6.07) is 0. The zero-order chi connectivity index (χ0) is 16.6. The van der Waals surface area contributed by atoms with E-state index in [1.54, 1.807) is 17.3 Å². The fourth-order valence-corrected chi connectivity index (χ4v) is 2.30. The minimum absolute atomic E-state index is 0.264. The van der Waals surface area contributed by atoms with Gasteiger partial charge in [0.15, 0.2) is 0 Å². The number of rotatable bonds is 5. The third kappa shape index (κ3) is 7.61. The molecule has 0 unspecified atom stereocenters. The third-order valence-corrected chi connectivity index (χ3v) is 3.32. The number of nitrogens with zero attached hydrogens (tertiary/aromatic N) is 1. The highest BCUT2D eigenvalue weighted by molar-refractivity contribution is 5.68. The van der Waals surface area contributed by atoms with Crippen molar-refractivity contribution in [2.24, 2.45) is 5.92 Å². The first kappa shape index (κ1) is 18.7. The molecule has 1 aliphatic heterocycles. The van der Waals surface area contributed by atoms with Crippen LogP contribution in [0.2, 0.25) is 0 Å². The highest BCUT2D eigenvalue weighted by atomic mass is 16.6. The van der Waals surface area contributed by atoms with Gasteiger partial charge in [-0.1, -0.05) is 0 Å². The molecule has 2 amide bonds. The van der Waals surface area contributed by atoms with Gasteiger partial charge in [0, 0.05) is 26.1 Å². The topological polar surface area (TPSA) is 81.7 Å². The van der Waals surface area contributed by atoms with E-state index < -0.39 is 5.60 Å². The van der Waals surface area contributed by atoms with Gasteiger partial charge in [-0.25, -0.2) is 10.1 Å². The molecular weight excluding hydrogens is 288 g/mol. The molecule has 2 N–H and O–H groups in total. The van der Waals surface area contributed by atoms with E-state index in [9.17, 15) is 9.59 Å². The number of methoxy groups -OCH3 is 1. The second kappa shape index (κ2) is 8.95. The molecule has 0 spiro atoms. The number of hydrogen-bond acceptors (Lipinski definition) is 5. The Morgan fingerprint density at radius 2 is 2.00 bits per heavy atom. The van der Waals surface area contributed by atoms with E-state index in [0.29, 0.717) is 26.2 Å². The molecule has 0 radical (unpaired) electrons. The number of nitrogens with two attached hydrogens (primary N) is 1. The fourth-order valence-electron chi connectivity index (χ4n) is 2.30. The number of quaternary nitrogens is 1. The number of piperidine rings is 1. The van der Waals surface area contributed by atoms with Gasteiger partial charge >= 0.3 is 12.2 Å². The van der Waals surface area contributed by atoms with Crippen LogP contribution >= 0.6 is 0 Å². The molecule has 1 heterocycles. The normalized spacial score (nSPS) is 18.9. The molecule has 22 heavy (non-hydrogen) atoms. The Bertz CT molecular complexity index is 367. The molecule has 1 rings (SSSR count). The average Bonchev–Trinajstić information content (AvgIpc) is 2.44. The molecule has 1 atom stereocenters. The Balaban J connectivity index is 2.31. The molecule has 1 fully saturated rings. The zero-order valence-corrected chi connectivity index (χ0v) is 14.1. The Labute approximate surface area is 132 Å². The van der Waals surface area contributed by atoms with Crippen molar-refractivity contribution in [2.45, 2.75) is 39.2 Å². The summed E-state index contributed by atoms with van der Waals surface area (Å²) in [6.45, 7) is 8.18. The minimum Gasteiger partial charge on any atom is -0.444 e. The fraction of sp³-hybridized carbons (Fsp3) is 0.867. The first-order chi connectivity index (χ1) is 10.3. The van der Waals surface area contributed by atoms with E-state index in [1.165, 1.54) is 0 Å². The van der Waals surface area contributed by atoms with Gasteiger partial charge in [-0.15, -0.1) is 0 Å². The largest absolute Gasteiger partial charge is 0.512 e. The van der Waals surface area contributed by atoms with E-state index in [4.69, 9.17) is 14.2 Å². The van der Waals surface area contributed by atoms with Crippen molar-refractivity contribution in [3.8, 4) is 0 Å². The van der Waals surface area contributed by atoms with Crippen LogP contribution in [0.25, 0.3) is 0 Å². The van der Waals surface area contributed by atoms with E-state index >= 15 is 0 Å². The van der Waals surface area contributed by atoms with Crippen LogP contribution in [0, 0.1) is 5.92 Å². The maximum Gasteiger partial charge on any atom is 0.512 e. The molecule has 1 aliphatic rings. The van der Waals surface area contributed by atoms with Crippen LogP contribution in [0.1, 0.15) is 33.6 Å². The van der Waals surface area contributed by atoms with Gasteiger partial charge < -0.3 is 19.1 Å². The maximum absolute atomic E-state index is 12.1. The highest BCUT2D eigenvalue weighted by Crippen LogP contribution is 2.18. The number of ether oxygens (including phenoxy) is 3. The van der Waals surface area contributed by atoms with Crippen LogP contribution in [0.5, 0.6) is 0 Å². The monoisotopic (exact) mass is 317 g/mol. The van der Waals surface area contributed by atoms with Crippen LogP contribution in [-0.2, 0) is 14.2 Å². The lowest BCUT2D eigenvalue weighted by molar-refractivity contribution is -0.577. The lowest BCUT2D eigenvalue weighted by atomic mass is 9.98. The first-order valence-corrected chi connectivity index (χ1v) is 7.78. The predicted octanol–water partition coefficient (Wildman–Crippen LogP) is 0.980. The lowest BCUT2D eigenvalue weighted by Crippen LogP contribution is -2.89. The van der Waals surface area contributed by atoms with Crippen molar-refractivity contribution in [1.82, 2.24) is 4.90 Å². The lowest BCUT2D eigenvalue weighted by Gasteiger charge is -2.33. The number of amides is 2. The number of hydrogen-bond donors (Lipinski definition) is 1. The van der Waals surface area contributed by atoms with Crippen LogP contribution in [0.3, 0.4) is 0 Å². The number of carbonyl (C=O) groups excluding carboxylic acids is 2. The summed E-state index contributed by atoms with van der Waals surface area (Å²) in [7, 11) is 1.56. The second-order valence-corrected chi connectivity index (χ2v) is 6.53. The molecule has 128 valence electrons. The smallest absolute Gasteiger partial charge is 0.444 e. The van der Waals surface area contributed by atoms with Crippen molar-refractivity contribution in [3.05, 3.63) is 0 Å². The number of carbonyl (C=O) groups is 2. The Morgan fingerprint density at radius 1 is 1.27 bits per heavy atom. The molecule has 0 bridgehead atoms. The highest BCUT2D eigenvalue weighted by Gasteiger charge is 2.28. The summed E-state index contributed by atoms with van der Waals surface area (Å²) in [5.74, 6) is 0.274. The quantitative estimate of drug-likeness (QED) is 0.764. The molecule has 0 aromatic rings. The van der Waals surface area contributed by atoms with Crippen molar-refractivity contribution < 1.29 is 29.1 Å². The Morgan fingerprint density at radius 3 is 2.64 bits per heavy atom. The average molecular weight is 317 g/mol. The van der Waals surface area contributed by atoms with E-state index in [-0.39, 0.29) is 24.7 Å². The molecule has 0 saturated carbocycles. The van der Waals surface area contributed by atoms with Gasteiger partial charge in [-0.3, -0.25) is 0 Å². The van der Waals surface area contributed by atoms with Crippen LogP contribution in [0.15, 0.2) is 0 Å². The molecule has 0 aromatic carbocycles. The van der Waals surface area contributed by atoms with Crippen LogP contribution < -0.4 is 5.32 Å². The standard InChI is InChI=1S/C15H28N2O5/c1-15(2,3)22-14(19)17-7-5-6-12(11-17)10-16-13(18)21-9-8-20-4/h12H,5-11H2,1-4H3,(H,16,18)/p+1/t12-/m0/s1. The van der Waals surface area contributed by atoms with Crippen molar-refractivity contribution in [1.29, 1.82) is 0 Å². The van der Waals surface area contributed by atoms with Crippen molar-refractivity contribution in [3.63, 3.8) is 0 Å². The number of likely N-dealkylation sites (tertiary alicyclic amines) is 1. The summed E-state index contributed by atoms with van der Waals surface area (Å²) < 4.78 is 15.2. The Hall–Kier alpha value is -1.34. The molecular formula is C15H29N2O5+. The van der Waals surface area contributed by atoms with E-state index in [2.05, 4.69) is 0 Å². The predicted molar refractivity (Wildman–Crippen MR) is 80.5 cm³/mol. The first-order valence-electron chi connectivity index (χ1n) is 7.78. The van der Waals surface area contributed by atoms with Gasteiger partial charge in [0.1, 0.15) is 12.2 Å². The van der Waals surface area contributed by atoms with Gasteiger partial charge in [-0.2, -0.15) is 4.79 Å². The molecule has 0 aliphatic carbocycles. The van der Waals surface area contributed by atoms with E-state index in [1.807, 2.05) is 20.8 Å². The van der Waals surface area contributed by atoms with Crippen LogP contribution in [0.4, 0.5) is 9.59 Å². The van der Waals surface area contributed by atoms with Crippen molar-refractivity contribution in [2.75, 3.05) is 40.0 Å². The van der Waals surface area contributed by atoms with Crippen molar-refractivity contribution >= 4 is 12.2 Å².